The summed E-state index contributed by atoms with van der Waals surface area (Å²) in [6, 6.07) is 0.540. The maximum atomic E-state index is 6.17. The predicted molar refractivity (Wildman–Crippen MR) is 82.5 cm³/mol. The van der Waals surface area contributed by atoms with Gasteiger partial charge in [-0.2, -0.15) is 5.10 Å². The van der Waals surface area contributed by atoms with E-state index in [1.165, 1.54) is 51.4 Å². The van der Waals surface area contributed by atoms with Crippen LogP contribution in [-0.4, -0.2) is 9.78 Å². The van der Waals surface area contributed by atoms with Crippen molar-refractivity contribution < 1.29 is 0 Å². The first-order valence-electron chi connectivity index (χ1n) is 7.11. The Hall–Kier alpha value is -0.260. The van der Waals surface area contributed by atoms with E-state index >= 15 is 0 Å². The van der Waals surface area contributed by atoms with Gasteiger partial charge in [0.25, 0.3) is 0 Å². The molecule has 2 aliphatic rings. The quantitative estimate of drug-likeness (QED) is 0.769. The number of nitrogens with two attached hydrogens (primary N) is 1. The summed E-state index contributed by atoms with van der Waals surface area (Å²) >= 11 is 2.31. The van der Waals surface area contributed by atoms with Gasteiger partial charge in [-0.25, -0.2) is 4.68 Å². The monoisotopic (exact) mass is 359 g/mol. The van der Waals surface area contributed by atoms with Crippen LogP contribution in [0, 0.1) is 15.9 Å². The Kier molecular flexibility index (Phi) is 3.32. The Morgan fingerprint density at radius 3 is 2.33 bits per heavy atom. The number of aromatic nitrogens is 2. The molecular weight excluding hydrogens is 337 g/mol. The van der Waals surface area contributed by atoms with Crippen LogP contribution in [0.25, 0.3) is 0 Å². The van der Waals surface area contributed by atoms with E-state index in [1.807, 2.05) is 0 Å². The van der Waals surface area contributed by atoms with Crippen molar-refractivity contribution in [1.82, 2.24) is 9.78 Å². The van der Waals surface area contributed by atoms with Crippen LogP contribution >= 0.6 is 22.6 Å². The molecule has 0 radical (unpaired) electrons. The second-order valence-corrected chi connectivity index (χ2v) is 7.25. The van der Waals surface area contributed by atoms with Gasteiger partial charge < -0.3 is 5.73 Å². The first kappa shape index (κ1) is 12.8. The summed E-state index contributed by atoms with van der Waals surface area (Å²) in [6.45, 7) is 2.05. The standard InChI is InChI=1S/C14H22IN3/c1-10-12(15)13(16)18(17-10)11-4-8-14(9-5-11)6-2-3-7-14/h11H,2-9,16H2,1H3. The zero-order chi connectivity index (χ0) is 12.8. The van der Waals surface area contributed by atoms with Crippen LogP contribution in [0.2, 0.25) is 0 Å². The second kappa shape index (κ2) is 4.69. The minimum atomic E-state index is 0.540. The third kappa shape index (κ3) is 2.06. The topological polar surface area (TPSA) is 43.8 Å². The molecule has 1 heterocycles. The summed E-state index contributed by atoms with van der Waals surface area (Å²) in [6.07, 6.45) is 11.1. The Labute approximate surface area is 123 Å². The molecular formula is C14H22IN3. The lowest BCUT2D eigenvalue weighted by atomic mass is 9.71. The Balaban J connectivity index is 1.74. The lowest BCUT2D eigenvalue weighted by Gasteiger charge is -2.37. The van der Waals surface area contributed by atoms with Crippen molar-refractivity contribution in [2.75, 3.05) is 5.73 Å². The van der Waals surface area contributed by atoms with E-state index in [2.05, 4.69) is 39.3 Å². The second-order valence-electron chi connectivity index (χ2n) is 6.17. The number of halogens is 1. The third-order valence-corrected chi connectivity index (χ3v) is 6.41. The van der Waals surface area contributed by atoms with Crippen molar-refractivity contribution in [3.63, 3.8) is 0 Å². The molecule has 2 saturated carbocycles. The molecule has 0 saturated heterocycles. The summed E-state index contributed by atoms with van der Waals surface area (Å²) in [5.74, 6) is 0.875. The average molecular weight is 359 g/mol. The van der Waals surface area contributed by atoms with Crippen LogP contribution in [0.3, 0.4) is 0 Å². The molecule has 3 nitrogen and oxygen atoms in total. The van der Waals surface area contributed by atoms with Crippen molar-refractivity contribution in [1.29, 1.82) is 0 Å². The molecule has 2 fully saturated rings. The highest BCUT2D eigenvalue weighted by Crippen LogP contribution is 2.51. The number of nitrogen functional groups attached to an aromatic ring is 1. The van der Waals surface area contributed by atoms with Crippen LogP contribution < -0.4 is 5.73 Å². The maximum Gasteiger partial charge on any atom is 0.135 e. The molecule has 3 rings (SSSR count). The van der Waals surface area contributed by atoms with E-state index in [1.54, 1.807) is 0 Å². The molecule has 0 aromatic carbocycles. The number of aryl methyl sites for hydroxylation is 1. The van der Waals surface area contributed by atoms with Gasteiger partial charge in [0.15, 0.2) is 0 Å². The van der Waals surface area contributed by atoms with Gasteiger partial charge >= 0.3 is 0 Å². The summed E-state index contributed by atoms with van der Waals surface area (Å²) in [5, 5.41) is 4.63. The lowest BCUT2D eigenvalue weighted by molar-refractivity contribution is 0.153. The first-order chi connectivity index (χ1) is 8.61. The normalized spacial score (nSPS) is 23.9. The molecule has 0 amide bonds. The van der Waals surface area contributed by atoms with E-state index < -0.39 is 0 Å². The van der Waals surface area contributed by atoms with Gasteiger partial charge in [0.2, 0.25) is 0 Å². The van der Waals surface area contributed by atoms with Crippen molar-refractivity contribution in [2.45, 2.75) is 64.3 Å². The van der Waals surface area contributed by atoms with Crippen molar-refractivity contribution >= 4 is 28.4 Å². The van der Waals surface area contributed by atoms with E-state index in [9.17, 15) is 0 Å². The SMILES string of the molecule is Cc1nn(C2CCC3(CCCC3)CC2)c(N)c1I. The number of hydrogen-bond acceptors (Lipinski definition) is 2. The third-order valence-electron chi connectivity index (χ3n) is 5.07. The van der Waals surface area contributed by atoms with Crippen LogP contribution in [0.4, 0.5) is 5.82 Å². The maximum absolute atomic E-state index is 6.17. The van der Waals surface area contributed by atoms with Crippen molar-refractivity contribution in [2.24, 2.45) is 5.41 Å². The van der Waals surface area contributed by atoms with Gasteiger partial charge in [0.05, 0.1) is 15.3 Å². The minimum Gasteiger partial charge on any atom is -0.383 e. The van der Waals surface area contributed by atoms with Gasteiger partial charge in [-0.05, 0) is 73.5 Å². The molecule has 1 aromatic heterocycles. The molecule has 4 heteroatoms. The molecule has 2 N–H and O–H groups in total. The van der Waals surface area contributed by atoms with Gasteiger partial charge in [-0.1, -0.05) is 12.8 Å². The Bertz CT molecular complexity index is 436. The van der Waals surface area contributed by atoms with Crippen molar-refractivity contribution in [3.8, 4) is 0 Å². The fraction of sp³-hybridized carbons (Fsp3) is 0.786. The number of nitrogens with zero attached hydrogens (tertiary/aromatic N) is 2. The summed E-state index contributed by atoms with van der Waals surface area (Å²) in [5.41, 5.74) is 7.95. The molecule has 0 bridgehead atoms. The molecule has 1 spiro atoms. The highest BCUT2D eigenvalue weighted by atomic mass is 127. The molecule has 2 aliphatic carbocycles. The average Bonchev–Trinajstić information content (AvgIpc) is 2.92. The van der Waals surface area contributed by atoms with Crippen molar-refractivity contribution in [3.05, 3.63) is 9.26 Å². The van der Waals surface area contributed by atoms with Crippen LogP contribution in [0.15, 0.2) is 0 Å². The molecule has 0 aliphatic heterocycles. The van der Waals surface area contributed by atoms with E-state index in [-0.39, 0.29) is 0 Å². The smallest absolute Gasteiger partial charge is 0.135 e. The van der Waals surface area contributed by atoms with Gasteiger partial charge in [0.1, 0.15) is 5.82 Å². The van der Waals surface area contributed by atoms with Crippen LogP contribution in [0.5, 0.6) is 0 Å². The van der Waals surface area contributed by atoms with E-state index in [4.69, 9.17) is 5.73 Å². The minimum absolute atomic E-state index is 0.540. The number of anilines is 1. The molecule has 100 valence electrons. The van der Waals surface area contributed by atoms with Crippen LogP contribution in [-0.2, 0) is 0 Å². The highest BCUT2D eigenvalue weighted by molar-refractivity contribution is 14.1. The molecule has 0 unspecified atom stereocenters. The lowest BCUT2D eigenvalue weighted by Crippen LogP contribution is -2.27. The van der Waals surface area contributed by atoms with Crippen LogP contribution in [0.1, 0.15) is 63.1 Å². The predicted octanol–water partition coefficient (Wildman–Crippen LogP) is 4.05. The molecule has 18 heavy (non-hydrogen) atoms. The zero-order valence-electron chi connectivity index (χ0n) is 11.1. The zero-order valence-corrected chi connectivity index (χ0v) is 13.2. The fourth-order valence-corrected chi connectivity index (χ4v) is 4.26. The fourth-order valence-electron chi connectivity index (χ4n) is 3.91. The van der Waals surface area contributed by atoms with Gasteiger partial charge in [-0.15, -0.1) is 0 Å². The van der Waals surface area contributed by atoms with E-state index in [0.29, 0.717) is 11.5 Å². The first-order valence-corrected chi connectivity index (χ1v) is 8.19. The number of rotatable bonds is 1. The summed E-state index contributed by atoms with van der Waals surface area (Å²) in [4.78, 5) is 0. The van der Waals surface area contributed by atoms with Gasteiger partial charge in [0, 0.05) is 0 Å². The summed E-state index contributed by atoms with van der Waals surface area (Å²) < 4.78 is 3.23. The number of hydrogen-bond donors (Lipinski definition) is 1. The Morgan fingerprint density at radius 1 is 1.22 bits per heavy atom. The highest BCUT2D eigenvalue weighted by Gasteiger charge is 2.38. The Morgan fingerprint density at radius 2 is 1.83 bits per heavy atom. The molecule has 1 aromatic rings. The largest absolute Gasteiger partial charge is 0.383 e. The summed E-state index contributed by atoms with van der Waals surface area (Å²) in [7, 11) is 0. The van der Waals surface area contributed by atoms with E-state index in [0.717, 1.165) is 15.1 Å². The molecule has 0 atom stereocenters. The van der Waals surface area contributed by atoms with Gasteiger partial charge in [-0.3, -0.25) is 0 Å².